The summed E-state index contributed by atoms with van der Waals surface area (Å²) in [4.78, 5) is 0. The van der Waals surface area contributed by atoms with Gasteiger partial charge in [-0.2, -0.15) is 0 Å². The van der Waals surface area contributed by atoms with Crippen LogP contribution in [0.1, 0.15) is 20.8 Å². The van der Waals surface area contributed by atoms with Crippen LogP contribution in [0.15, 0.2) is 23.3 Å². The Morgan fingerprint density at radius 1 is 1.25 bits per heavy atom. The van der Waals surface area contributed by atoms with E-state index in [0.29, 0.717) is 0 Å². The van der Waals surface area contributed by atoms with Gasteiger partial charge in [-0.15, -0.1) is 0 Å². The van der Waals surface area contributed by atoms with E-state index in [9.17, 15) is 0 Å². The van der Waals surface area contributed by atoms with Crippen LogP contribution in [0.2, 0.25) is 0 Å². The highest BCUT2D eigenvalue weighted by molar-refractivity contribution is 5.42. The fraction of sp³-hybridized carbons (Fsp3) is 0.500. The van der Waals surface area contributed by atoms with Gasteiger partial charge in [0, 0.05) is 5.92 Å². The lowest BCUT2D eigenvalue weighted by atomic mass is 10.2. The molecular weight excluding hydrogens is 96.1 g/mol. The van der Waals surface area contributed by atoms with Crippen molar-refractivity contribution in [2.45, 2.75) is 20.8 Å². The third-order valence-corrected chi connectivity index (χ3v) is 1.86. The van der Waals surface area contributed by atoms with E-state index in [1.54, 1.807) is 11.1 Å². The predicted octanol–water partition coefficient (Wildman–Crippen LogP) is 2.53. The van der Waals surface area contributed by atoms with Crippen LogP contribution >= 0.6 is 0 Å². The zero-order chi connectivity index (χ0) is 6.15. The van der Waals surface area contributed by atoms with Crippen LogP contribution in [0, 0.1) is 5.92 Å². The Morgan fingerprint density at radius 2 is 1.75 bits per heavy atom. The summed E-state index contributed by atoms with van der Waals surface area (Å²) in [5.41, 5.74) is 3.12. The molecule has 1 aliphatic carbocycles. The molecule has 0 aliphatic heterocycles. The van der Waals surface area contributed by atoms with Crippen molar-refractivity contribution in [1.29, 1.82) is 0 Å². The predicted molar refractivity (Wildman–Crippen MR) is 36.7 cm³/mol. The molecular formula is C8H12. The summed E-state index contributed by atoms with van der Waals surface area (Å²) in [6, 6.07) is 0. The highest BCUT2D eigenvalue weighted by Crippen LogP contribution is 2.38. The first kappa shape index (κ1) is 5.61. The molecule has 0 heteroatoms. The first-order valence-corrected chi connectivity index (χ1v) is 3.07. The van der Waals surface area contributed by atoms with Gasteiger partial charge in [0.1, 0.15) is 0 Å². The Bertz CT molecular complexity index is 137. The molecule has 0 aromatic rings. The van der Waals surface area contributed by atoms with E-state index in [0.717, 1.165) is 5.92 Å². The van der Waals surface area contributed by atoms with Crippen LogP contribution in [0.4, 0.5) is 0 Å². The zero-order valence-corrected chi connectivity index (χ0v) is 5.73. The third kappa shape index (κ3) is 0.706. The summed E-state index contributed by atoms with van der Waals surface area (Å²) in [5, 5.41) is 0. The molecule has 0 N–H and O–H groups in total. The summed E-state index contributed by atoms with van der Waals surface area (Å²) in [6.45, 7) is 6.46. The van der Waals surface area contributed by atoms with Gasteiger partial charge < -0.3 is 0 Å². The fourth-order valence-electron chi connectivity index (χ4n) is 0.985. The van der Waals surface area contributed by atoms with E-state index in [1.165, 1.54) is 0 Å². The van der Waals surface area contributed by atoms with Crippen molar-refractivity contribution in [3.8, 4) is 0 Å². The lowest BCUT2D eigenvalue weighted by molar-refractivity contribution is 1.12. The van der Waals surface area contributed by atoms with Crippen LogP contribution in [0.3, 0.4) is 0 Å². The second kappa shape index (κ2) is 1.77. The summed E-state index contributed by atoms with van der Waals surface area (Å²) in [6.07, 6.45) is 4.36. The molecule has 0 radical (unpaired) electrons. The van der Waals surface area contributed by atoms with Crippen molar-refractivity contribution in [3.05, 3.63) is 23.3 Å². The minimum Gasteiger partial charge on any atom is -0.0907 e. The lowest BCUT2D eigenvalue weighted by Gasteiger charge is -1.81. The minimum atomic E-state index is 0.736. The van der Waals surface area contributed by atoms with Crippen molar-refractivity contribution in [3.63, 3.8) is 0 Å². The quantitative estimate of drug-likeness (QED) is 0.453. The molecule has 0 heterocycles. The molecule has 0 atom stereocenters. The van der Waals surface area contributed by atoms with Crippen LogP contribution in [-0.4, -0.2) is 0 Å². The van der Waals surface area contributed by atoms with Gasteiger partial charge in [0.15, 0.2) is 0 Å². The van der Waals surface area contributed by atoms with Gasteiger partial charge in [-0.05, 0) is 20.8 Å². The Balaban J connectivity index is 2.42. The van der Waals surface area contributed by atoms with Crippen LogP contribution in [0.5, 0.6) is 0 Å². The van der Waals surface area contributed by atoms with Gasteiger partial charge >= 0.3 is 0 Å². The lowest BCUT2D eigenvalue weighted by Crippen LogP contribution is -1.69. The molecule has 0 aromatic carbocycles. The zero-order valence-electron chi connectivity index (χ0n) is 5.73. The highest BCUT2D eigenvalue weighted by Gasteiger charge is 2.24. The second-order valence-electron chi connectivity index (χ2n) is 2.37. The average Bonchev–Trinajstić information content (AvgIpc) is 2.25. The molecule has 44 valence electrons. The van der Waals surface area contributed by atoms with Crippen molar-refractivity contribution in [1.82, 2.24) is 0 Å². The molecule has 0 amide bonds. The molecule has 0 saturated heterocycles. The standard InChI is InChI=1S/C8H12/c1-4-5-8-6(2)7(8)3/h4-5,8H,1-3H3/b5-4+. The van der Waals surface area contributed by atoms with E-state index >= 15 is 0 Å². The van der Waals surface area contributed by atoms with Gasteiger partial charge in [-0.3, -0.25) is 0 Å². The number of rotatable bonds is 1. The normalized spacial score (nSPS) is 20.9. The highest BCUT2D eigenvalue weighted by atomic mass is 14.3. The van der Waals surface area contributed by atoms with Crippen molar-refractivity contribution < 1.29 is 0 Å². The maximum Gasteiger partial charge on any atom is 0.0187 e. The summed E-state index contributed by atoms with van der Waals surface area (Å²) in [7, 11) is 0. The maximum absolute atomic E-state index is 2.24. The first-order chi connectivity index (χ1) is 3.77. The topological polar surface area (TPSA) is 0 Å². The summed E-state index contributed by atoms with van der Waals surface area (Å²) >= 11 is 0. The van der Waals surface area contributed by atoms with E-state index in [2.05, 4.69) is 32.9 Å². The number of hydrogen-bond donors (Lipinski definition) is 0. The van der Waals surface area contributed by atoms with E-state index in [4.69, 9.17) is 0 Å². The van der Waals surface area contributed by atoms with E-state index < -0.39 is 0 Å². The second-order valence-corrected chi connectivity index (χ2v) is 2.37. The molecule has 0 aromatic heterocycles. The largest absolute Gasteiger partial charge is 0.0907 e. The smallest absolute Gasteiger partial charge is 0.0187 e. The molecule has 0 unspecified atom stereocenters. The summed E-state index contributed by atoms with van der Waals surface area (Å²) in [5.74, 6) is 0.736. The molecule has 1 rings (SSSR count). The van der Waals surface area contributed by atoms with Crippen LogP contribution in [0.25, 0.3) is 0 Å². The number of hydrogen-bond acceptors (Lipinski definition) is 0. The van der Waals surface area contributed by atoms with Crippen molar-refractivity contribution >= 4 is 0 Å². The Kier molecular flexibility index (Phi) is 1.24. The SMILES string of the molecule is C/C=C/C1C(C)=C1C. The van der Waals surface area contributed by atoms with Gasteiger partial charge in [0.05, 0.1) is 0 Å². The molecule has 0 saturated carbocycles. The molecule has 0 spiro atoms. The van der Waals surface area contributed by atoms with E-state index in [1.807, 2.05) is 0 Å². The fourth-order valence-corrected chi connectivity index (χ4v) is 0.985. The van der Waals surface area contributed by atoms with Gasteiger partial charge in [0.2, 0.25) is 0 Å². The van der Waals surface area contributed by atoms with Crippen LogP contribution < -0.4 is 0 Å². The first-order valence-electron chi connectivity index (χ1n) is 3.07. The Labute approximate surface area is 50.9 Å². The Morgan fingerprint density at radius 3 is 1.88 bits per heavy atom. The maximum atomic E-state index is 2.24. The molecule has 0 fully saturated rings. The van der Waals surface area contributed by atoms with Gasteiger partial charge in [0.25, 0.3) is 0 Å². The Hall–Kier alpha value is -0.520. The summed E-state index contributed by atoms with van der Waals surface area (Å²) < 4.78 is 0. The van der Waals surface area contributed by atoms with Gasteiger partial charge in [-0.25, -0.2) is 0 Å². The number of allylic oxidation sites excluding steroid dienone is 4. The molecule has 0 nitrogen and oxygen atoms in total. The van der Waals surface area contributed by atoms with Gasteiger partial charge in [-0.1, -0.05) is 23.3 Å². The monoisotopic (exact) mass is 108 g/mol. The van der Waals surface area contributed by atoms with Crippen LogP contribution in [-0.2, 0) is 0 Å². The van der Waals surface area contributed by atoms with Crippen molar-refractivity contribution in [2.24, 2.45) is 5.92 Å². The minimum absolute atomic E-state index is 0.736. The van der Waals surface area contributed by atoms with Crippen molar-refractivity contribution in [2.75, 3.05) is 0 Å². The molecule has 8 heavy (non-hydrogen) atoms. The molecule has 1 aliphatic rings. The average molecular weight is 108 g/mol. The third-order valence-electron chi connectivity index (χ3n) is 1.86. The van der Waals surface area contributed by atoms with E-state index in [-0.39, 0.29) is 0 Å². The molecule has 0 bridgehead atoms.